The number of rotatable bonds is 6. The minimum absolute atomic E-state index is 0.0278. The molecule has 1 spiro atoms. The summed E-state index contributed by atoms with van der Waals surface area (Å²) in [6.45, 7) is 3.48. The monoisotopic (exact) mass is 776 g/mol. The summed E-state index contributed by atoms with van der Waals surface area (Å²) in [4.78, 5) is 29.3. The van der Waals surface area contributed by atoms with Crippen LogP contribution in [0, 0.1) is 17.8 Å². The number of carbonyl (C=O) groups excluding carboxylic acids is 2. The average Bonchev–Trinajstić information content (AvgIpc) is 3.28. The van der Waals surface area contributed by atoms with Crippen LogP contribution in [0.3, 0.4) is 0 Å². The van der Waals surface area contributed by atoms with Crippen molar-refractivity contribution in [3.63, 3.8) is 0 Å². The second-order valence-electron chi connectivity index (χ2n) is 15.5. The highest BCUT2D eigenvalue weighted by molar-refractivity contribution is 7.90. The number of methoxy groups -OCH3 is 1. The molecule has 12 heteroatoms. The lowest BCUT2D eigenvalue weighted by Crippen LogP contribution is -2.49. The van der Waals surface area contributed by atoms with Gasteiger partial charge in [-0.15, -0.1) is 0 Å². The molecule has 2 aliphatic heterocycles. The zero-order valence-electron chi connectivity index (χ0n) is 30.8. The van der Waals surface area contributed by atoms with Gasteiger partial charge in [0.1, 0.15) is 11.9 Å². The Labute approximate surface area is 322 Å². The molecule has 7 atom stereocenters. The van der Waals surface area contributed by atoms with Gasteiger partial charge >= 0.3 is 5.97 Å². The molecule has 3 aromatic rings. The molecular weight excluding hydrogens is 728 g/mol. The topological polar surface area (TPSA) is 131 Å². The molecule has 288 valence electrons. The molecule has 4 aliphatic rings. The Balaban J connectivity index is 1.23. The Kier molecular flexibility index (Phi) is 11.4. The summed E-state index contributed by atoms with van der Waals surface area (Å²) in [6, 6.07) is 19.7. The van der Waals surface area contributed by atoms with Gasteiger partial charge in [-0.1, -0.05) is 54.9 Å². The third-order valence-electron chi connectivity index (χ3n) is 11.9. The van der Waals surface area contributed by atoms with E-state index in [1.54, 1.807) is 61.5 Å². The van der Waals surface area contributed by atoms with Crippen LogP contribution in [0.1, 0.15) is 77.3 Å². The van der Waals surface area contributed by atoms with Gasteiger partial charge in [0.2, 0.25) is 10.0 Å². The first kappa shape index (κ1) is 38.4. The van der Waals surface area contributed by atoms with Crippen molar-refractivity contribution in [2.24, 2.45) is 17.8 Å². The van der Waals surface area contributed by atoms with E-state index in [-0.39, 0.29) is 35.8 Å². The Morgan fingerprint density at radius 1 is 1.13 bits per heavy atom. The predicted octanol–water partition coefficient (Wildman–Crippen LogP) is 6.49. The van der Waals surface area contributed by atoms with E-state index in [2.05, 4.69) is 21.8 Å². The number of esters is 1. The van der Waals surface area contributed by atoms with Gasteiger partial charge in [-0.3, -0.25) is 4.79 Å². The van der Waals surface area contributed by atoms with Crippen molar-refractivity contribution in [1.29, 1.82) is 0 Å². The number of nitrogens with zero attached hydrogens (tertiary/aromatic N) is 1. The third kappa shape index (κ3) is 8.05. The summed E-state index contributed by atoms with van der Waals surface area (Å²) < 4.78 is 48.6. The standard InChI is InChI=1S/C42H49ClN2O8S/c1-27-8-6-12-37(46)34-16-13-31(34)23-45-25-42(19-7-11-29-20-32(43)15-17-35(29)42)26-52-38-18-14-30(21-36(38)45)40(47)44-54(49,50)39(27)22-33(24-51-2)53-41(48)28-9-4-3-5-10-28/h3-6,9-10,12,14-15,17-18,20-21,27,31,33-34,37,39,46H,7-8,11,13,16,19,22-26H2,1-2H3,(H,44,47)/b12-6+/t27-,31-,33-,34+,37-,39-,42-/m0/s1. The highest BCUT2D eigenvalue weighted by Gasteiger charge is 2.44. The van der Waals surface area contributed by atoms with Gasteiger partial charge in [-0.25, -0.2) is 17.9 Å². The number of hydrogen-bond donors (Lipinski definition) is 2. The number of aliphatic hydroxyl groups is 1. The lowest BCUT2D eigenvalue weighted by molar-refractivity contribution is 0.00169. The van der Waals surface area contributed by atoms with Gasteiger partial charge in [-0.05, 0) is 110 Å². The molecule has 0 radical (unpaired) electrons. The fraction of sp³-hybridized carbons (Fsp3) is 0.476. The number of fused-ring (bicyclic) bond motifs is 4. The number of nitrogens with one attached hydrogen (secondary N) is 1. The van der Waals surface area contributed by atoms with Gasteiger partial charge in [0.25, 0.3) is 5.91 Å². The second kappa shape index (κ2) is 16.1. The first-order chi connectivity index (χ1) is 26.0. The lowest BCUT2D eigenvalue weighted by Gasteiger charge is -2.45. The largest absolute Gasteiger partial charge is 0.490 e. The van der Waals surface area contributed by atoms with Crippen LogP contribution < -0.4 is 14.4 Å². The number of aliphatic hydroxyl groups excluding tert-OH is 1. The number of aryl methyl sites for hydroxylation is 1. The summed E-state index contributed by atoms with van der Waals surface area (Å²) in [6.07, 6.45) is 6.88. The zero-order chi connectivity index (χ0) is 38.0. The first-order valence-corrected chi connectivity index (χ1v) is 20.8. The Morgan fingerprint density at radius 2 is 1.94 bits per heavy atom. The minimum atomic E-state index is -4.33. The van der Waals surface area contributed by atoms with E-state index in [0.717, 1.165) is 37.8 Å². The van der Waals surface area contributed by atoms with Crippen LogP contribution in [0.2, 0.25) is 5.02 Å². The summed E-state index contributed by atoms with van der Waals surface area (Å²) in [5, 5.41) is 11.0. The highest BCUT2D eigenvalue weighted by atomic mass is 35.5. The number of anilines is 1. The number of halogens is 1. The summed E-state index contributed by atoms with van der Waals surface area (Å²) in [5.74, 6) is -1.02. The van der Waals surface area contributed by atoms with E-state index in [9.17, 15) is 23.1 Å². The van der Waals surface area contributed by atoms with E-state index in [4.69, 9.17) is 25.8 Å². The molecule has 2 bridgehead atoms. The van der Waals surface area contributed by atoms with Crippen LogP contribution in [0.15, 0.2) is 78.9 Å². The van der Waals surface area contributed by atoms with Gasteiger partial charge < -0.3 is 24.2 Å². The van der Waals surface area contributed by atoms with Gasteiger partial charge in [0.15, 0.2) is 0 Å². The highest BCUT2D eigenvalue weighted by Crippen LogP contribution is 2.47. The number of hydrogen-bond acceptors (Lipinski definition) is 9. The number of ether oxygens (including phenoxy) is 3. The third-order valence-corrected chi connectivity index (χ3v) is 14.1. The normalized spacial score (nSPS) is 28.9. The van der Waals surface area contributed by atoms with Crippen LogP contribution in [0.4, 0.5) is 5.69 Å². The first-order valence-electron chi connectivity index (χ1n) is 18.9. The zero-order valence-corrected chi connectivity index (χ0v) is 32.4. The number of carbonyl (C=O) groups is 2. The number of amides is 1. The van der Waals surface area contributed by atoms with Gasteiger partial charge in [0, 0.05) is 42.6 Å². The molecule has 0 unspecified atom stereocenters. The molecule has 1 saturated carbocycles. The molecule has 0 aromatic heterocycles. The van der Waals surface area contributed by atoms with E-state index in [1.807, 2.05) is 12.1 Å². The Hall–Kier alpha value is -3.90. The molecule has 2 N–H and O–H groups in total. The summed E-state index contributed by atoms with van der Waals surface area (Å²) in [5.41, 5.74) is 3.35. The van der Waals surface area contributed by atoms with Crippen molar-refractivity contribution < 1.29 is 37.3 Å². The maximum Gasteiger partial charge on any atom is 0.338 e. The maximum atomic E-state index is 14.2. The minimum Gasteiger partial charge on any atom is -0.490 e. The van der Waals surface area contributed by atoms with Crippen molar-refractivity contribution in [2.45, 2.75) is 74.7 Å². The van der Waals surface area contributed by atoms with Crippen molar-refractivity contribution in [3.05, 3.63) is 106 Å². The van der Waals surface area contributed by atoms with Gasteiger partial charge in [-0.2, -0.15) is 0 Å². The van der Waals surface area contributed by atoms with Crippen LogP contribution in [-0.2, 0) is 31.3 Å². The molecule has 0 saturated heterocycles. The number of allylic oxidation sites excluding steroid dienone is 1. The van der Waals surface area contributed by atoms with E-state index >= 15 is 0 Å². The molecule has 7 rings (SSSR count). The SMILES string of the molecule is COC[C@H](C[C@H]1[C@@H](C)C/C=C/[C@H](O)[C@@H]2CC[C@H]2CN2C[C@@]3(CCCc4cc(Cl)ccc43)COc3ccc(cc32)C(=O)NS1(=O)=O)OC(=O)c1ccccc1. The second-order valence-corrected chi connectivity index (χ2v) is 17.9. The molecular formula is C42H49ClN2O8S. The Bertz CT molecular complexity index is 1990. The van der Waals surface area contributed by atoms with Crippen LogP contribution in [-0.4, -0.2) is 76.3 Å². The Morgan fingerprint density at radius 3 is 2.70 bits per heavy atom. The van der Waals surface area contributed by atoms with Crippen molar-refractivity contribution in [2.75, 3.05) is 38.3 Å². The summed E-state index contributed by atoms with van der Waals surface area (Å²) >= 11 is 6.43. The van der Waals surface area contributed by atoms with Crippen molar-refractivity contribution in [1.82, 2.24) is 4.72 Å². The fourth-order valence-corrected chi connectivity index (χ4v) is 10.8. The molecule has 10 nitrogen and oxygen atoms in total. The van der Waals surface area contributed by atoms with Gasteiger partial charge in [0.05, 0.1) is 35.8 Å². The molecule has 2 aliphatic carbocycles. The number of benzene rings is 3. The maximum absolute atomic E-state index is 14.2. The van der Waals surface area contributed by atoms with Crippen LogP contribution in [0.5, 0.6) is 5.75 Å². The molecule has 1 fully saturated rings. The van der Waals surface area contributed by atoms with E-state index in [1.165, 1.54) is 18.2 Å². The van der Waals surface area contributed by atoms with Crippen molar-refractivity contribution >= 4 is 39.2 Å². The molecule has 1 amide bonds. The van der Waals surface area contributed by atoms with E-state index in [0.29, 0.717) is 42.5 Å². The van der Waals surface area contributed by atoms with Crippen LogP contribution in [0.25, 0.3) is 0 Å². The lowest BCUT2D eigenvalue weighted by atomic mass is 9.68. The van der Waals surface area contributed by atoms with Crippen molar-refractivity contribution in [3.8, 4) is 5.75 Å². The van der Waals surface area contributed by atoms with E-state index < -0.39 is 45.3 Å². The average molecular weight is 777 g/mol. The molecule has 2 heterocycles. The smallest absolute Gasteiger partial charge is 0.338 e. The predicted molar refractivity (Wildman–Crippen MR) is 208 cm³/mol. The summed E-state index contributed by atoms with van der Waals surface area (Å²) in [7, 11) is -2.88. The number of sulfonamides is 1. The molecule has 3 aromatic carbocycles. The fourth-order valence-electron chi connectivity index (χ4n) is 8.85. The van der Waals surface area contributed by atoms with Crippen LogP contribution >= 0.6 is 11.6 Å². The molecule has 54 heavy (non-hydrogen) atoms. The quantitative estimate of drug-likeness (QED) is 0.213.